The Morgan fingerprint density at radius 3 is 2.53 bits per heavy atom. The molecule has 3 rings (SSSR count). The van der Waals surface area contributed by atoms with Crippen molar-refractivity contribution in [3.8, 4) is 0 Å². The minimum Gasteiger partial charge on any atom is -0.454 e. The van der Waals surface area contributed by atoms with E-state index >= 15 is 0 Å². The van der Waals surface area contributed by atoms with Crippen molar-refractivity contribution in [2.24, 2.45) is 0 Å². The van der Waals surface area contributed by atoms with Crippen LogP contribution in [0, 0.1) is 0 Å². The molecule has 8 heteroatoms. The first-order chi connectivity index (χ1) is 14.5. The van der Waals surface area contributed by atoms with Gasteiger partial charge in [-0.15, -0.1) is 0 Å². The molecule has 0 aliphatic carbocycles. The normalized spacial score (nSPS) is 15.3. The largest absolute Gasteiger partial charge is 0.454 e. The lowest BCUT2D eigenvalue weighted by molar-refractivity contribution is -0.153. The first kappa shape index (κ1) is 21.8. The van der Waals surface area contributed by atoms with Crippen molar-refractivity contribution >= 4 is 29.4 Å². The van der Waals surface area contributed by atoms with Crippen LogP contribution < -0.4 is 5.32 Å². The number of benzene rings is 2. The van der Waals surface area contributed by atoms with Crippen LogP contribution in [-0.2, 0) is 32.0 Å². The summed E-state index contributed by atoms with van der Waals surface area (Å²) in [7, 11) is 1.53. The van der Waals surface area contributed by atoms with Gasteiger partial charge in [-0.3, -0.25) is 9.59 Å². The van der Waals surface area contributed by atoms with Crippen LogP contribution in [0.25, 0.3) is 0 Å². The SMILES string of the molecule is COCCNC(=O)COC(=O)[C@@H]1Cc2ccccc2CN1C(=O)c1ccccc1Cl. The Hall–Kier alpha value is -2.90. The summed E-state index contributed by atoms with van der Waals surface area (Å²) in [5.41, 5.74) is 2.24. The van der Waals surface area contributed by atoms with Gasteiger partial charge in [0, 0.05) is 26.6 Å². The van der Waals surface area contributed by atoms with Gasteiger partial charge in [0.1, 0.15) is 6.04 Å². The lowest BCUT2D eigenvalue weighted by Crippen LogP contribution is -2.50. The quantitative estimate of drug-likeness (QED) is 0.537. The molecule has 1 aliphatic rings. The highest BCUT2D eigenvalue weighted by atomic mass is 35.5. The molecule has 1 atom stereocenters. The summed E-state index contributed by atoms with van der Waals surface area (Å²) in [5, 5.41) is 2.90. The number of nitrogens with zero attached hydrogens (tertiary/aromatic N) is 1. The van der Waals surface area contributed by atoms with E-state index in [2.05, 4.69) is 5.32 Å². The zero-order chi connectivity index (χ0) is 21.5. The third-order valence-electron chi connectivity index (χ3n) is 4.86. The van der Waals surface area contributed by atoms with Gasteiger partial charge in [-0.2, -0.15) is 0 Å². The van der Waals surface area contributed by atoms with Crippen LogP contribution in [0.15, 0.2) is 48.5 Å². The second-order valence-electron chi connectivity index (χ2n) is 6.85. The number of halogens is 1. The van der Waals surface area contributed by atoms with E-state index in [9.17, 15) is 14.4 Å². The molecule has 158 valence electrons. The van der Waals surface area contributed by atoms with E-state index in [0.29, 0.717) is 30.2 Å². The monoisotopic (exact) mass is 430 g/mol. The van der Waals surface area contributed by atoms with E-state index in [-0.39, 0.29) is 12.5 Å². The van der Waals surface area contributed by atoms with Crippen molar-refractivity contribution < 1.29 is 23.9 Å². The number of nitrogens with one attached hydrogen (secondary N) is 1. The predicted molar refractivity (Wildman–Crippen MR) is 111 cm³/mol. The van der Waals surface area contributed by atoms with Crippen LogP contribution in [0.3, 0.4) is 0 Å². The van der Waals surface area contributed by atoms with E-state index < -0.39 is 24.5 Å². The smallest absolute Gasteiger partial charge is 0.329 e. The molecule has 30 heavy (non-hydrogen) atoms. The fourth-order valence-corrected chi connectivity index (χ4v) is 3.53. The van der Waals surface area contributed by atoms with E-state index in [1.54, 1.807) is 24.3 Å². The molecule has 2 aromatic rings. The summed E-state index contributed by atoms with van der Waals surface area (Å²) >= 11 is 6.20. The summed E-state index contributed by atoms with van der Waals surface area (Å²) in [4.78, 5) is 39.3. The third kappa shape index (κ3) is 5.17. The van der Waals surface area contributed by atoms with Crippen molar-refractivity contribution in [2.75, 3.05) is 26.9 Å². The number of carbonyl (C=O) groups excluding carboxylic acids is 3. The molecule has 0 spiro atoms. The number of amides is 2. The van der Waals surface area contributed by atoms with Gasteiger partial charge in [-0.05, 0) is 23.3 Å². The van der Waals surface area contributed by atoms with Crippen molar-refractivity contribution in [3.05, 3.63) is 70.2 Å². The summed E-state index contributed by atoms with van der Waals surface area (Å²) in [6, 6.07) is 13.5. The molecule has 0 fully saturated rings. The minimum absolute atomic E-state index is 0.250. The van der Waals surface area contributed by atoms with Crippen molar-refractivity contribution in [2.45, 2.75) is 19.0 Å². The molecular weight excluding hydrogens is 408 g/mol. The standard InChI is InChI=1S/C22H23ClN2O5/c1-29-11-10-24-20(26)14-30-22(28)19-12-15-6-2-3-7-16(15)13-25(19)21(27)17-8-4-5-9-18(17)23/h2-9,19H,10-14H2,1H3,(H,24,26)/t19-/m0/s1. The Labute approximate surface area is 179 Å². The van der Waals surface area contributed by atoms with Gasteiger partial charge >= 0.3 is 5.97 Å². The minimum atomic E-state index is -0.851. The molecule has 0 saturated carbocycles. The van der Waals surface area contributed by atoms with Crippen LogP contribution >= 0.6 is 11.6 Å². The topological polar surface area (TPSA) is 84.9 Å². The lowest BCUT2D eigenvalue weighted by Gasteiger charge is -2.35. The number of fused-ring (bicyclic) bond motifs is 1. The van der Waals surface area contributed by atoms with Gasteiger partial charge < -0.3 is 19.7 Å². The Morgan fingerprint density at radius 2 is 1.80 bits per heavy atom. The van der Waals surface area contributed by atoms with Gasteiger partial charge in [0.15, 0.2) is 6.61 Å². The second kappa shape index (κ2) is 10.2. The van der Waals surface area contributed by atoms with E-state index in [0.717, 1.165) is 11.1 Å². The second-order valence-corrected chi connectivity index (χ2v) is 7.26. The van der Waals surface area contributed by atoms with Crippen LogP contribution in [-0.4, -0.2) is 55.6 Å². The number of esters is 1. The third-order valence-corrected chi connectivity index (χ3v) is 5.19. The van der Waals surface area contributed by atoms with Gasteiger partial charge in [-0.1, -0.05) is 48.0 Å². The van der Waals surface area contributed by atoms with Gasteiger partial charge in [0.25, 0.3) is 11.8 Å². The summed E-state index contributed by atoms with van der Waals surface area (Å²) in [6.07, 6.45) is 0.302. The number of carbonyl (C=O) groups is 3. The maximum absolute atomic E-state index is 13.2. The number of hydrogen-bond acceptors (Lipinski definition) is 5. The zero-order valence-electron chi connectivity index (χ0n) is 16.6. The summed E-state index contributed by atoms with van der Waals surface area (Å²) in [6.45, 7) is 0.509. The average molecular weight is 431 g/mol. The number of hydrogen-bond donors (Lipinski definition) is 1. The van der Waals surface area contributed by atoms with Crippen molar-refractivity contribution in [1.82, 2.24) is 10.2 Å². The molecule has 7 nitrogen and oxygen atoms in total. The van der Waals surface area contributed by atoms with Crippen molar-refractivity contribution in [3.63, 3.8) is 0 Å². The first-order valence-electron chi connectivity index (χ1n) is 9.55. The van der Waals surface area contributed by atoms with Crippen LogP contribution in [0.4, 0.5) is 0 Å². The van der Waals surface area contributed by atoms with Crippen LogP contribution in [0.1, 0.15) is 21.5 Å². The highest BCUT2D eigenvalue weighted by Gasteiger charge is 2.36. The maximum atomic E-state index is 13.2. The average Bonchev–Trinajstić information content (AvgIpc) is 2.76. The van der Waals surface area contributed by atoms with E-state index in [4.69, 9.17) is 21.1 Å². The first-order valence-corrected chi connectivity index (χ1v) is 9.93. The zero-order valence-corrected chi connectivity index (χ0v) is 17.4. The molecular formula is C22H23ClN2O5. The fraction of sp³-hybridized carbons (Fsp3) is 0.318. The van der Waals surface area contributed by atoms with E-state index in [1.807, 2.05) is 24.3 Å². The Bertz CT molecular complexity index is 933. The Balaban J connectivity index is 1.77. The molecule has 2 aromatic carbocycles. The maximum Gasteiger partial charge on any atom is 0.329 e. The number of ether oxygens (including phenoxy) is 2. The Kier molecular flexibility index (Phi) is 7.43. The number of methoxy groups -OCH3 is 1. The molecule has 0 bridgehead atoms. The highest BCUT2D eigenvalue weighted by Crippen LogP contribution is 2.27. The lowest BCUT2D eigenvalue weighted by atomic mass is 9.93. The molecule has 1 heterocycles. The van der Waals surface area contributed by atoms with Crippen LogP contribution in [0.2, 0.25) is 5.02 Å². The molecule has 0 saturated heterocycles. The predicted octanol–water partition coefficient (Wildman–Crippen LogP) is 2.21. The van der Waals surface area contributed by atoms with E-state index in [1.165, 1.54) is 12.0 Å². The van der Waals surface area contributed by atoms with Crippen molar-refractivity contribution in [1.29, 1.82) is 0 Å². The highest BCUT2D eigenvalue weighted by molar-refractivity contribution is 6.33. The molecule has 0 aromatic heterocycles. The fourth-order valence-electron chi connectivity index (χ4n) is 3.31. The molecule has 0 unspecified atom stereocenters. The van der Waals surface area contributed by atoms with Gasteiger partial charge in [-0.25, -0.2) is 4.79 Å². The van der Waals surface area contributed by atoms with Gasteiger partial charge in [0.2, 0.25) is 0 Å². The van der Waals surface area contributed by atoms with Crippen LogP contribution in [0.5, 0.6) is 0 Å². The summed E-state index contributed by atoms with van der Waals surface area (Å²) in [5.74, 6) is -1.42. The Morgan fingerprint density at radius 1 is 1.10 bits per heavy atom. The number of rotatable bonds is 7. The molecule has 1 N–H and O–H groups in total. The van der Waals surface area contributed by atoms with Gasteiger partial charge in [0.05, 0.1) is 17.2 Å². The molecule has 1 aliphatic heterocycles. The molecule has 2 amide bonds. The molecule has 0 radical (unpaired) electrons. The summed E-state index contributed by atoms with van der Waals surface area (Å²) < 4.78 is 10.1.